The zero-order chi connectivity index (χ0) is 28.1. The van der Waals surface area contributed by atoms with Crippen molar-refractivity contribution in [3.63, 3.8) is 0 Å². The Morgan fingerprint density at radius 3 is 2.17 bits per heavy atom. The maximum absolute atomic E-state index is 13.0. The molecule has 0 N–H and O–H groups in total. The largest absolute Gasteiger partial charge is 0.439 e. The normalized spacial score (nSPS) is 13.6. The number of piperidine rings is 1. The minimum absolute atomic E-state index is 0.0899. The number of halogens is 1. The fraction of sp³-hybridized carbons (Fsp3) is 0.219. The summed E-state index contributed by atoms with van der Waals surface area (Å²) < 4.78 is 18.6. The van der Waals surface area contributed by atoms with E-state index in [0.29, 0.717) is 54.3 Å². The van der Waals surface area contributed by atoms with Crippen LogP contribution in [-0.4, -0.2) is 45.4 Å². The van der Waals surface area contributed by atoms with Gasteiger partial charge in [-0.15, -0.1) is 0 Å². The smallest absolute Gasteiger partial charge is 0.255 e. The number of likely N-dealkylation sites (tertiary alicyclic amines) is 1. The van der Waals surface area contributed by atoms with Crippen LogP contribution in [0, 0.1) is 18.7 Å². The van der Waals surface area contributed by atoms with Crippen LogP contribution in [0.25, 0.3) is 0 Å². The third kappa shape index (κ3) is 6.46. The molecule has 0 saturated carbocycles. The van der Waals surface area contributed by atoms with E-state index in [9.17, 15) is 18.8 Å². The number of hydrogen-bond donors (Lipinski definition) is 0. The third-order valence-electron chi connectivity index (χ3n) is 6.98. The van der Waals surface area contributed by atoms with Gasteiger partial charge in [0, 0.05) is 49.5 Å². The molecule has 202 valence electrons. The van der Waals surface area contributed by atoms with Crippen LogP contribution in [0.2, 0.25) is 0 Å². The lowest BCUT2D eigenvalue weighted by Gasteiger charge is -2.31. The first-order valence-corrected chi connectivity index (χ1v) is 13.1. The van der Waals surface area contributed by atoms with E-state index in [2.05, 4.69) is 9.97 Å². The summed E-state index contributed by atoms with van der Waals surface area (Å²) in [7, 11) is 0. The first-order chi connectivity index (χ1) is 19.4. The zero-order valence-corrected chi connectivity index (χ0v) is 22.0. The van der Waals surface area contributed by atoms with Crippen LogP contribution >= 0.6 is 0 Å². The first-order valence-electron chi connectivity index (χ1n) is 13.1. The number of hydrogen-bond acceptors (Lipinski definition) is 6. The van der Waals surface area contributed by atoms with Gasteiger partial charge in [-0.3, -0.25) is 19.4 Å². The summed E-state index contributed by atoms with van der Waals surface area (Å²) in [6, 6.07) is 19.7. The molecule has 0 atom stereocenters. The van der Waals surface area contributed by atoms with E-state index in [4.69, 9.17) is 4.74 Å². The molecule has 3 heterocycles. The topological polar surface area (TPSA) is 89.5 Å². The van der Waals surface area contributed by atoms with Gasteiger partial charge in [-0.05, 0) is 61.7 Å². The van der Waals surface area contributed by atoms with E-state index in [1.165, 1.54) is 30.5 Å². The average molecular weight is 538 g/mol. The molecule has 2 aromatic heterocycles. The Kier molecular flexibility index (Phi) is 8.05. The van der Waals surface area contributed by atoms with Gasteiger partial charge in [-0.2, -0.15) is 0 Å². The summed E-state index contributed by atoms with van der Waals surface area (Å²) in [5.41, 5.74) is 3.17. The molecule has 5 rings (SSSR count). The Balaban J connectivity index is 1.13. The standard InChI is InChI=1S/C32H28FN3O4/c1-21-2-5-23(6-3-21)31(38)24-14-16-36(17-15-24)32(39)25-7-12-28(34-20-25)29(37)18-22-4-13-30(35-19-22)40-27-10-8-26(33)9-11-27/h2-13,19-20,24H,14-18H2,1H3. The van der Waals surface area contributed by atoms with Crippen molar-refractivity contribution in [2.24, 2.45) is 5.92 Å². The van der Waals surface area contributed by atoms with Crippen LogP contribution in [0.5, 0.6) is 11.6 Å². The van der Waals surface area contributed by atoms with Crippen LogP contribution in [0.3, 0.4) is 0 Å². The lowest BCUT2D eigenvalue weighted by Crippen LogP contribution is -2.40. The van der Waals surface area contributed by atoms with Crippen molar-refractivity contribution in [1.82, 2.24) is 14.9 Å². The van der Waals surface area contributed by atoms with Crippen LogP contribution in [0.1, 0.15) is 55.2 Å². The molecule has 7 nitrogen and oxygen atoms in total. The molecule has 0 unspecified atom stereocenters. The Labute approximate surface area is 231 Å². The van der Waals surface area contributed by atoms with Crippen LogP contribution < -0.4 is 4.74 Å². The predicted molar refractivity (Wildman–Crippen MR) is 147 cm³/mol. The number of amides is 1. The molecule has 0 spiro atoms. The number of pyridine rings is 2. The van der Waals surface area contributed by atoms with Crippen molar-refractivity contribution in [2.75, 3.05) is 13.1 Å². The summed E-state index contributed by atoms with van der Waals surface area (Å²) in [6.07, 6.45) is 4.29. The highest BCUT2D eigenvalue weighted by atomic mass is 19.1. The molecule has 8 heteroatoms. The van der Waals surface area contributed by atoms with Gasteiger partial charge in [0.1, 0.15) is 17.3 Å². The molecule has 1 aliphatic rings. The van der Waals surface area contributed by atoms with Gasteiger partial charge < -0.3 is 9.64 Å². The van der Waals surface area contributed by atoms with E-state index in [-0.39, 0.29) is 41.3 Å². The highest BCUT2D eigenvalue weighted by Gasteiger charge is 2.28. The zero-order valence-electron chi connectivity index (χ0n) is 22.0. The number of aryl methyl sites for hydroxylation is 1. The molecule has 0 bridgehead atoms. The number of aromatic nitrogens is 2. The Hall–Kier alpha value is -4.72. The molecule has 40 heavy (non-hydrogen) atoms. The fourth-order valence-corrected chi connectivity index (χ4v) is 4.64. The summed E-state index contributed by atoms with van der Waals surface area (Å²) >= 11 is 0. The Morgan fingerprint density at radius 2 is 1.55 bits per heavy atom. The van der Waals surface area contributed by atoms with Crippen molar-refractivity contribution in [3.05, 3.63) is 119 Å². The minimum Gasteiger partial charge on any atom is -0.439 e. The van der Waals surface area contributed by atoms with Gasteiger partial charge >= 0.3 is 0 Å². The molecule has 1 fully saturated rings. The molecule has 1 saturated heterocycles. The summed E-state index contributed by atoms with van der Waals surface area (Å²) in [6.45, 7) is 2.98. The molecule has 1 amide bonds. The van der Waals surface area contributed by atoms with E-state index in [1.807, 2.05) is 31.2 Å². The van der Waals surface area contributed by atoms with Crippen molar-refractivity contribution >= 4 is 17.5 Å². The molecule has 0 aliphatic carbocycles. The van der Waals surface area contributed by atoms with Gasteiger partial charge in [0.2, 0.25) is 5.88 Å². The summed E-state index contributed by atoms with van der Waals surface area (Å²) in [5, 5.41) is 0. The monoisotopic (exact) mass is 537 g/mol. The number of nitrogens with zero attached hydrogens (tertiary/aromatic N) is 3. The lowest BCUT2D eigenvalue weighted by atomic mass is 9.88. The molecule has 1 aliphatic heterocycles. The highest BCUT2D eigenvalue weighted by Crippen LogP contribution is 2.24. The highest BCUT2D eigenvalue weighted by molar-refractivity contribution is 5.99. The SMILES string of the molecule is Cc1ccc(C(=O)C2CCN(C(=O)c3ccc(C(=O)Cc4ccc(Oc5ccc(F)cc5)nc4)nc3)CC2)cc1. The predicted octanol–water partition coefficient (Wildman–Crippen LogP) is 5.88. The summed E-state index contributed by atoms with van der Waals surface area (Å²) in [4.78, 5) is 48.8. The van der Waals surface area contributed by atoms with Crippen LogP contribution in [0.4, 0.5) is 4.39 Å². The van der Waals surface area contributed by atoms with Gasteiger partial charge in [-0.25, -0.2) is 9.37 Å². The average Bonchev–Trinajstić information content (AvgIpc) is 2.99. The van der Waals surface area contributed by atoms with Gasteiger partial charge in [-0.1, -0.05) is 35.9 Å². The van der Waals surface area contributed by atoms with Crippen molar-refractivity contribution in [1.29, 1.82) is 0 Å². The van der Waals surface area contributed by atoms with E-state index < -0.39 is 0 Å². The van der Waals surface area contributed by atoms with Crippen LogP contribution in [-0.2, 0) is 6.42 Å². The van der Waals surface area contributed by atoms with Gasteiger partial charge in [0.15, 0.2) is 11.6 Å². The van der Waals surface area contributed by atoms with E-state index >= 15 is 0 Å². The molecule has 2 aromatic carbocycles. The molecular weight excluding hydrogens is 509 g/mol. The van der Waals surface area contributed by atoms with Crippen molar-refractivity contribution in [2.45, 2.75) is 26.2 Å². The van der Waals surface area contributed by atoms with Crippen molar-refractivity contribution in [3.8, 4) is 11.6 Å². The van der Waals surface area contributed by atoms with Gasteiger partial charge in [0.05, 0.1) is 5.56 Å². The maximum Gasteiger partial charge on any atom is 0.255 e. The first kappa shape index (κ1) is 26.9. The third-order valence-corrected chi connectivity index (χ3v) is 6.98. The number of carbonyl (C=O) groups excluding carboxylic acids is 3. The molecule has 0 radical (unpaired) electrons. The second-order valence-corrected chi connectivity index (χ2v) is 9.89. The lowest BCUT2D eigenvalue weighted by molar-refractivity contribution is 0.0650. The summed E-state index contributed by atoms with van der Waals surface area (Å²) in [5.74, 6) is 0.0954. The van der Waals surface area contributed by atoms with E-state index in [1.54, 1.807) is 35.4 Å². The number of Topliss-reactive ketones (excluding diaryl/α,β-unsaturated/α-hetero) is 2. The fourth-order valence-electron chi connectivity index (χ4n) is 4.64. The number of carbonyl (C=O) groups is 3. The molecule has 4 aromatic rings. The van der Waals surface area contributed by atoms with Crippen LogP contribution in [0.15, 0.2) is 85.2 Å². The van der Waals surface area contributed by atoms with Gasteiger partial charge in [0.25, 0.3) is 5.91 Å². The Morgan fingerprint density at radius 1 is 0.850 bits per heavy atom. The minimum atomic E-state index is -0.355. The Bertz CT molecular complexity index is 1490. The maximum atomic E-state index is 13.0. The number of benzene rings is 2. The quantitative estimate of drug-likeness (QED) is 0.261. The molecular formula is C32H28FN3O4. The van der Waals surface area contributed by atoms with Crippen molar-refractivity contribution < 1.29 is 23.5 Å². The number of rotatable bonds is 8. The second kappa shape index (κ2) is 12.0. The second-order valence-electron chi connectivity index (χ2n) is 9.89. The number of ketones is 2. The number of ether oxygens (including phenoxy) is 1. The van der Waals surface area contributed by atoms with E-state index in [0.717, 1.165) is 5.56 Å².